The van der Waals surface area contributed by atoms with E-state index in [0.29, 0.717) is 12.3 Å². The quantitative estimate of drug-likeness (QED) is 0.840. The van der Waals surface area contributed by atoms with Gasteiger partial charge in [0, 0.05) is 17.6 Å². The van der Waals surface area contributed by atoms with Crippen molar-refractivity contribution in [3.8, 4) is 5.75 Å². The van der Waals surface area contributed by atoms with Crippen molar-refractivity contribution < 1.29 is 9.53 Å². The van der Waals surface area contributed by atoms with Crippen LogP contribution in [-0.4, -0.2) is 26.1 Å². The predicted octanol–water partition coefficient (Wildman–Crippen LogP) is 1.68. The van der Waals surface area contributed by atoms with E-state index in [-0.39, 0.29) is 12.5 Å². The summed E-state index contributed by atoms with van der Waals surface area (Å²) in [4.78, 5) is 11.2. The number of likely N-dealkylation sites (N-methyl/N-ethyl adjacent to an activating group) is 1. The van der Waals surface area contributed by atoms with Gasteiger partial charge >= 0.3 is 0 Å². The second kappa shape index (κ2) is 7.29. The van der Waals surface area contributed by atoms with Crippen LogP contribution in [0.4, 0.5) is 0 Å². The number of hydrogen-bond acceptors (Lipinski definition) is 3. The molecule has 1 aromatic carbocycles. The number of amides is 1. The molecular formula is C12H17BrN2O2. The van der Waals surface area contributed by atoms with Crippen LogP contribution in [0.3, 0.4) is 0 Å². The molecular weight excluding hydrogens is 284 g/mol. The first-order chi connectivity index (χ1) is 8.17. The van der Waals surface area contributed by atoms with Crippen molar-refractivity contribution in [2.24, 2.45) is 0 Å². The molecule has 0 radical (unpaired) electrons. The fourth-order valence-corrected chi connectivity index (χ4v) is 1.75. The maximum Gasteiger partial charge on any atom is 0.257 e. The monoisotopic (exact) mass is 300 g/mol. The van der Waals surface area contributed by atoms with E-state index < -0.39 is 0 Å². The van der Waals surface area contributed by atoms with Gasteiger partial charge in [-0.2, -0.15) is 0 Å². The van der Waals surface area contributed by atoms with E-state index in [0.717, 1.165) is 16.6 Å². The topological polar surface area (TPSA) is 50.4 Å². The van der Waals surface area contributed by atoms with Crippen molar-refractivity contribution in [2.45, 2.75) is 13.5 Å². The van der Waals surface area contributed by atoms with Crippen LogP contribution < -0.4 is 15.4 Å². The van der Waals surface area contributed by atoms with Gasteiger partial charge < -0.3 is 15.4 Å². The van der Waals surface area contributed by atoms with Crippen LogP contribution in [0.15, 0.2) is 22.7 Å². The molecule has 0 aliphatic rings. The Balaban J connectivity index is 2.59. The smallest absolute Gasteiger partial charge is 0.257 e. The van der Waals surface area contributed by atoms with Crippen LogP contribution in [0.25, 0.3) is 0 Å². The molecule has 1 amide bonds. The third-order valence-electron chi connectivity index (χ3n) is 2.13. The van der Waals surface area contributed by atoms with Crippen LogP contribution in [0.5, 0.6) is 5.75 Å². The van der Waals surface area contributed by atoms with E-state index in [2.05, 4.69) is 26.6 Å². The summed E-state index contributed by atoms with van der Waals surface area (Å²) in [5.41, 5.74) is 1.10. The first-order valence-electron chi connectivity index (χ1n) is 5.50. The summed E-state index contributed by atoms with van der Waals surface area (Å²) in [5.74, 6) is 0.593. The average Bonchev–Trinajstić information content (AvgIpc) is 2.31. The molecule has 0 aromatic heterocycles. The lowest BCUT2D eigenvalue weighted by Gasteiger charge is -2.09. The molecule has 94 valence electrons. The Bertz CT molecular complexity index is 383. The highest BCUT2D eigenvalue weighted by atomic mass is 79.9. The molecule has 5 heteroatoms. The minimum atomic E-state index is -0.106. The van der Waals surface area contributed by atoms with Gasteiger partial charge in [0.1, 0.15) is 5.75 Å². The van der Waals surface area contributed by atoms with Crippen LogP contribution in [0, 0.1) is 0 Å². The zero-order valence-corrected chi connectivity index (χ0v) is 11.6. The Morgan fingerprint density at radius 2 is 2.24 bits per heavy atom. The highest BCUT2D eigenvalue weighted by Gasteiger charge is 2.04. The van der Waals surface area contributed by atoms with Gasteiger partial charge in [0.2, 0.25) is 0 Å². The maximum atomic E-state index is 11.2. The Hall–Kier alpha value is -1.07. The summed E-state index contributed by atoms with van der Waals surface area (Å²) in [6.07, 6.45) is 0. The van der Waals surface area contributed by atoms with Gasteiger partial charge in [-0.25, -0.2) is 0 Å². The summed E-state index contributed by atoms with van der Waals surface area (Å²) in [6.45, 7) is 3.30. The molecule has 2 N–H and O–H groups in total. The zero-order chi connectivity index (χ0) is 12.7. The molecule has 0 spiro atoms. The normalized spacial score (nSPS) is 10.1. The molecule has 0 atom stereocenters. The second-order valence-electron chi connectivity index (χ2n) is 3.53. The Morgan fingerprint density at radius 3 is 2.88 bits per heavy atom. The van der Waals surface area contributed by atoms with Crippen molar-refractivity contribution in [1.29, 1.82) is 0 Å². The van der Waals surface area contributed by atoms with Gasteiger partial charge in [0.05, 0.1) is 0 Å². The molecule has 1 rings (SSSR count). The van der Waals surface area contributed by atoms with Crippen molar-refractivity contribution >= 4 is 21.8 Å². The van der Waals surface area contributed by atoms with Crippen LogP contribution >= 0.6 is 15.9 Å². The van der Waals surface area contributed by atoms with E-state index in [1.54, 1.807) is 0 Å². The summed E-state index contributed by atoms with van der Waals surface area (Å²) in [5, 5.41) is 5.75. The summed E-state index contributed by atoms with van der Waals surface area (Å²) in [6, 6.07) is 5.67. The number of benzene rings is 1. The summed E-state index contributed by atoms with van der Waals surface area (Å²) >= 11 is 3.46. The Kier molecular flexibility index (Phi) is 6.00. The fourth-order valence-electron chi connectivity index (χ4n) is 1.36. The Labute approximate surface area is 110 Å². The number of ether oxygens (including phenoxy) is 1. The largest absolute Gasteiger partial charge is 0.484 e. The first-order valence-corrected chi connectivity index (χ1v) is 6.29. The number of rotatable bonds is 6. The lowest BCUT2D eigenvalue weighted by molar-refractivity contribution is -0.122. The molecule has 17 heavy (non-hydrogen) atoms. The number of hydrogen-bond donors (Lipinski definition) is 2. The first kappa shape index (κ1) is 14.0. The van der Waals surface area contributed by atoms with Gasteiger partial charge in [-0.15, -0.1) is 0 Å². The SMILES string of the molecule is CCNC(=O)COc1ccc(Br)c(CNC)c1. The standard InChI is InChI=1S/C12H17BrN2O2/c1-3-15-12(16)8-17-10-4-5-11(13)9(6-10)7-14-2/h4-6,14H,3,7-8H2,1-2H3,(H,15,16). The lowest BCUT2D eigenvalue weighted by Crippen LogP contribution is -2.28. The number of carbonyl (C=O) groups excluding carboxylic acids is 1. The molecule has 0 aliphatic heterocycles. The van der Waals surface area contributed by atoms with Crippen LogP contribution in [-0.2, 0) is 11.3 Å². The number of carbonyl (C=O) groups is 1. The minimum Gasteiger partial charge on any atom is -0.484 e. The van der Waals surface area contributed by atoms with Crippen molar-refractivity contribution in [1.82, 2.24) is 10.6 Å². The second-order valence-corrected chi connectivity index (χ2v) is 4.38. The summed E-state index contributed by atoms with van der Waals surface area (Å²) in [7, 11) is 1.88. The molecule has 0 aliphatic carbocycles. The number of nitrogens with one attached hydrogen (secondary N) is 2. The van der Waals surface area contributed by atoms with E-state index in [9.17, 15) is 4.79 Å². The average molecular weight is 301 g/mol. The van der Waals surface area contributed by atoms with Gasteiger partial charge in [-0.05, 0) is 37.7 Å². The third-order valence-corrected chi connectivity index (χ3v) is 2.90. The van der Waals surface area contributed by atoms with Gasteiger partial charge in [-0.3, -0.25) is 4.79 Å². The molecule has 4 nitrogen and oxygen atoms in total. The summed E-state index contributed by atoms with van der Waals surface area (Å²) < 4.78 is 6.43. The van der Waals surface area contributed by atoms with Gasteiger partial charge in [0.25, 0.3) is 5.91 Å². The maximum absolute atomic E-state index is 11.2. The molecule has 0 unspecified atom stereocenters. The highest BCUT2D eigenvalue weighted by molar-refractivity contribution is 9.10. The molecule has 1 aromatic rings. The minimum absolute atomic E-state index is 0.0501. The van der Waals surface area contributed by atoms with Crippen molar-refractivity contribution in [3.05, 3.63) is 28.2 Å². The van der Waals surface area contributed by atoms with Crippen molar-refractivity contribution in [3.63, 3.8) is 0 Å². The van der Waals surface area contributed by atoms with Crippen LogP contribution in [0.2, 0.25) is 0 Å². The number of halogens is 1. The molecule has 0 heterocycles. The van der Waals surface area contributed by atoms with Gasteiger partial charge in [0.15, 0.2) is 6.61 Å². The third kappa shape index (κ3) is 4.75. The fraction of sp³-hybridized carbons (Fsp3) is 0.417. The Morgan fingerprint density at radius 1 is 1.47 bits per heavy atom. The zero-order valence-electron chi connectivity index (χ0n) is 10.0. The van der Waals surface area contributed by atoms with E-state index in [1.165, 1.54) is 0 Å². The lowest BCUT2D eigenvalue weighted by atomic mass is 10.2. The molecule has 0 fully saturated rings. The van der Waals surface area contributed by atoms with Crippen LogP contribution in [0.1, 0.15) is 12.5 Å². The molecule has 0 saturated heterocycles. The molecule has 0 saturated carbocycles. The molecule has 0 bridgehead atoms. The van der Waals surface area contributed by atoms with Crippen molar-refractivity contribution in [2.75, 3.05) is 20.2 Å². The van der Waals surface area contributed by atoms with E-state index in [1.807, 2.05) is 32.2 Å². The van der Waals surface area contributed by atoms with E-state index >= 15 is 0 Å². The highest BCUT2D eigenvalue weighted by Crippen LogP contribution is 2.22. The van der Waals surface area contributed by atoms with Gasteiger partial charge in [-0.1, -0.05) is 15.9 Å². The predicted molar refractivity (Wildman–Crippen MR) is 71.1 cm³/mol. The van der Waals surface area contributed by atoms with E-state index in [4.69, 9.17) is 4.74 Å².